The van der Waals surface area contributed by atoms with Crippen molar-refractivity contribution >= 4 is 17.4 Å². The van der Waals surface area contributed by atoms with E-state index in [1.165, 1.54) is 66.9 Å². The second-order valence-corrected chi connectivity index (χ2v) is 8.73. The van der Waals surface area contributed by atoms with E-state index in [9.17, 15) is 0 Å². The van der Waals surface area contributed by atoms with Crippen molar-refractivity contribution in [2.75, 3.05) is 19.0 Å². The molecular weight excluding hydrogens is 298 g/mol. The fourth-order valence-electron chi connectivity index (χ4n) is 4.09. The highest BCUT2D eigenvalue weighted by Crippen LogP contribution is 2.45. The summed E-state index contributed by atoms with van der Waals surface area (Å²) in [6, 6.07) is 9.17. The molecule has 0 aliphatic carbocycles. The smallest absolute Gasteiger partial charge is 0.147 e. The molecule has 0 saturated heterocycles. The van der Waals surface area contributed by atoms with E-state index in [0.717, 1.165) is 11.8 Å². The average Bonchev–Trinajstić information content (AvgIpc) is 2.90. The molecular formula is C21H36NS+. The Bertz CT molecular complexity index is 455. The van der Waals surface area contributed by atoms with Crippen LogP contribution in [0.3, 0.4) is 0 Å². The topological polar surface area (TPSA) is 0 Å². The quantitative estimate of drug-likeness (QED) is 0.428. The molecule has 0 fully saturated rings. The van der Waals surface area contributed by atoms with Crippen LogP contribution in [0.5, 0.6) is 0 Å². The number of hydrogen-bond acceptors (Lipinski definition) is 1. The van der Waals surface area contributed by atoms with E-state index in [1.54, 1.807) is 5.69 Å². The molecule has 1 aliphatic rings. The number of rotatable bonds is 10. The molecule has 2 unspecified atom stereocenters. The normalized spacial score (nSPS) is 22.8. The molecule has 1 aromatic carbocycles. The Morgan fingerprint density at radius 1 is 0.957 bits per heavy atom. The Hall–Kier alpha value is -0.470. The van der Waals surface area contributed by atoms with Gasteiger partial charge in [0.2, 0.25) is 0 Å². The van der Waals surface area contributed by atoms with Crippen molar-refractivity contribution in [3.8, 4) is 0 Å². The second kappa shape index (κ2) is 9.13. The Morgan fingerprint density at radius 2 is 1.52 bits per heavy atom. The summed E-state index contributed by atoms with van der Waals surface area (Å²) in [5.74, 6) is 2.88. The molecule has 0 N–H and O–H groups in total. The fourth-order valence-corrected chi connectivity index (χ4v) is 5.41. The van der Waals surface area contributed by atoms with Gasteiger partial charge in [0, 0.05) is 17.9 Å². The van der Waals surface area contributed by atoms with Crippen molar-refractivity contribution in [3.05, 3.63) is 24.3 Å². The van der Waals surface area contributed by atoms with E-state index < -0.39 is 0 Å². The van der Waals surface area contributed by atoms with Gasteiger partial charge in [0.15, 0.2) is 0 Å². The minimum absolute atomic E-state index is 0.820. The number of fused-ring (bicyclic) bond motifs is 1. The Labute approximate surface area is 148 Å². The molecule has 23 heavy (non-hydrogen) atoms. The van der Waals surface area contributed by atoms with E-state index >= 15 is 0 Å². The number of hydrogen-bond donors (Lipinski definition) is 0. The van der Waals surface area contributed by atoms with Gasteiger partial charge in [-0.3, -0.25) is 4.48 Å². The van der Waals surface area contributed by atoms with Crippen LogP contribution >= 0.6 is 11.8 Å². The number of benzene rings is 1. The van der Waals surface area contributed by atoms with Gasteiger partial charge in [0.05, 0.1) is 18.0 Å². The second-order valence-electron chi connectivity index (χ2n) is 7.75. The maximum Gasteiger partial charge on any atom is 0.147 e. The lowest BCUT2D eigenvalue weighted by Gasteiger charge is -2.38. The summed E-state index contributed by atoms with van der Waals surface area (Å²) in [5, 5.41) is 0. The molecule has 1 aromatic rings. The Balaban J connectivity index is 2.15. The van der Waals surface area contributed by atoms with Gasteiger partial charge in [0.25, 0.3) is 0 Å². The molecule has 0 aromatic heterocycles. The lowest BCUT2D eigenvalue weighted by Crippen LogP contribution is -2.52. The van der Waals surface area contributed by atoms with Crippen molar-refractivity contribution < 1.29 is 0 Å². The van der Waals surface area contributed by atoms with Crippen molar-refractivity contribution in [1.82, 2.24) is 4.48 Å². The minimum Gasteiger partial charge on any atom is -0.281 e. The number of quaternary nitrogens is 1. The van der Waals surface area contributed by atoms with Crippen LogP contribution in [-0.2, 0) is 0 Å². The van der Waals surface area contributed by atoms with Gasteiger partial charge in [0.1, 0.15) is 11.6 Å². The summed E-state index contributed by atoms with van der Waals surface area (Å²) in [6.45, 7) is 12.2. The van der Waals surface area contributed by atoms with Crippen LogP contribution in [0.15, 0.2) is 29.2 Å². The summed E-state index contributed by atoms with van der Waals surface area (Å²) in [5.41, 5.74) is 1.60. The van der Waals surface area contributed by atoms with Crippen LogP contribution < -0.4 is 4.48 Å². The van der Waals surface area contributed by atoms with Gasteiger partial charge in [-0.15, -0.1) is 0 Å². The standard InChI is InChI=1S/C21H36NS/c1-5-7-11-18(3)15-22(16-19(4)12-8-6-2)17-23-21-14-10-9-13-20(21)22/h9-10,13-14,18-19H,5-8,11-12,15-17H2,1-4H3/q+1. The summed E-state index contributed by atoms with van der Waals surface area (Å²) < 4.78 is 1.22. The van der Waals surface area contributed by atoms with Gasteiger partial charge < -0.3 is 0 Å². The molecule has 0 amide bonds. The zero-order valence-electron chi connectivity index (χ0n) is 15.7. The summed E-state index contributed by atoms with van der Waals surface area (Å²) >= 11 is 2.08. The fraction of sp³-hybridized carbons (Fsp3) is 0.714. The predicted molar refractivity (Wildman–Crippen MR) is 106 cm³/mol. The van der Waals surface area contributed by atoms with Crippen molar-refractivity contribution in [1.29, 1.82) is 0 Å². The van der Waals surface area contributed by atoms with Crippen LogP contribution in [0.2, 0.25) is 0 Å². The van der Waals surface area contributed by atoms with Gasteiger partial charge in [-0.25, -0.2) is 0 Å². The van der Waals surface area contributed by atoms with Crippen LogP contribution in [-0.4, -0.2) is 19.0 Å². The first-order valence-corrected chi connectivity index (χ1v) is 10.7. The van der Waals surface area contributed by atoms with Crippen molar-refractivity contribution in [2.45, 2.75) is 71.1 Å². The first kappa shape index (κ1) is 18.9. The molecule has 130 valence electrons. The third-order valence-electron chi connectivity index (χ3n) is 5.27. The molecule has 0 radical (unpaired) electrons. The third kappa shape index (κ3) is 5.00. The third-order valence-corrected chi connectivity index (χ3v) is 6.55. The molecule has 1 heterocycles. The van der Waals surface area contributed by atoms with E-state index in [0.29, 0.717) is 0 Å². The van der Waals surface area contributed by atoms with Crippen molar-refractivity contribution in [2.24, 2.45) is 11.8 Å². The number of unbranched alkanes of at least 4 members (excludes halogenated alkanes) is 2. The highest BCUT2D eigenvalue weighted by atomic mass is 32.2. The zero-order valence-corrected chi connectivity index (χ0v) is 16.5. The monoisotopic (exact) mass is 334 g/mol. The zero-order chi connectivity index (χ0) is 16.7. The summed E-state index contributed by atoms with van der Waals surface area (Å²) in [6.07, 6.45) is 8.16. The largest absolute Gasteiger partial charge is 0.281 e. The van der Waals surface area contributed by atoms with Crippen LogP contribution in [0, 0.1) is 11.8 Å². The van der Waals surface area contributed by atoms with Crippen molar-refractivity contribution in [3.63, 3.8) is 0 Å². The van der Waals surface area contributed by atoms with E-state index in [1.807, 2.05) is 0 Å². The Morgan fingerprint density at radius 3 is 2.09 bits per heavy atom. The van der Waals surface area contributed by atoms with Gasteiger partial charge in [-0.2, -0.15) is 0 Å². The Kier molecular flexibility index (Phi) is 7.49. The number of thioether (sulfide) groups is 1. The number of para-hydroxylation sites is 1. The summed E-state index contributed by atoms with van der Waals surface area (Å²) in [7, 11) is 0. The molecule has 2 rings (SSSR count). The van der Waals surface area contributed by atoms with Gasteiger partial charge in [-0.05, 0) is 18.9 Å². The lowest BCUT2D eigenvalue weighted by atomic mass is 9.98. The van der Waals surface area contributed by atoms with Crippen LogP contribution in [0.1, 0.15) is 66.2 Å². The van der Waals surface area contributed by atoms with Gasteiger partial charge in [-0.1, -0.05) is 77.3 Å². The highest BCUT2D eigenvalue weighted by molar-refractivity contribution is 7.99. The SMILES string of the molecule is CCCCC(C)C[N+]1(CC(C)CCCC)CSc2ccccc21. The molecule has 2 heteroatoms. The van der Waals surface area contributed by atoms with E-state index in [2.05, 4.69) is 63.7 Å². The van der Waals surface area contributed by atoms with E-state index in [4.69, 9.17) is 0 Å². The van der Waals surface area contributed by atoms with Crippen LogP contribution in [0.25, 0.3) is 0 Å². The lowest BCUT2D eigenvalue weighted by molar-refractivity contribution is 0.230. The highest BCUT2D eigenvalue weighted by Gasteiger charge is 2.40. The summed E-state index contributed by atoms with van der Waals surface area (Å²) in [4.78, 5) is 1.53. The maximum absolute atomic E-state index is 2.47. The van der Waals surface area contributed by atoms with E-state index in [-0.39, 0.29) is 0 Å². The van der Waals surface area contributed by atoms with Gasteiger partial charge >= 0.3 is 0 Å². The number of nitrogens with zero attached hydrogens (tertiary/aromatic N) is 1. The first-order valence-electron chi connectivity index (χ1n) is 9.69. The van der Waals surface area contributed by atoms with Crippen LogP contribution in [0.4, 0.5) is 5.69 Å². The first-order chi connectivity index (χ1) is 11.1. The molecule has 0 spiro atoms. The molecule has 1 nitrogen and oxygen atoms in total. The average molecular weight is 335 g/mol. The molecule has 0 bridgehead atoms. The molecule has 1 aliphatic heterocycles. The predicted octanol–water partition coefficient (Wildman–Crippen LogP) is 6.71. The minimum atomic E-state index is 0.820. The maximum atomic E-state index is 2.47. The molecule has 0 saturated carbocycles. The molecule has 2 atom stereocenters.